The minimum atomic E-state index is -0.389. The molecule has 2 aromatic rings. The van der Waals surface area contributed by atoms with Crippen molar-refractivity contribution in [3.63, 3.8) is 0 Å². The maximum absolute atomic E-state index is 11.3. The van der Waals surface area contributed by atoms with Crippen molar-refractivity contribution in [2.24, 2.45) is 0 Å². The van der Waals surface area contributed by atoms with Gasteiger partial charge in [-0.25, -0.2) is 0 Å². The van der Waals surface area contributed by atoms with Gasteiger partial charge in [0, 0.05) is 18.4 Å². The van der Waals surface area contributed by atoms with Gasteiger partial charge in [0.1, 0.15) is 6.10 Å². The molecule has 0 fully saturated rings. The van der Waals surface area contributed by atoms with E-state index in [4.69, 9.17) is 18.9 Å². The molecule has 0 N–H and O–H groups in total. The lowest BCUT2D eigenvalue weighted by molar-refractivity contribution is -0.132. The Morgan fingerprint density at radius 1 is 1.07 bits per heavy atom. The lowest BCUT2D eigenvalue weighted by Gasteiger charge is -2.18. The summed E-state index contributed by atoms with van der Waals surface area (Å²) >= 11 is 0. The van der Waals surface area contributed by atoms with Crippen molar-refractivity contribution >= 4 is 12.0 Å². The molecule has 0 spiro atoms. The van der Waals surface area contributed by atoms with Crippen LogP contribution in [0.15, 0.2) is 36.4 Å². The van der Waals surface area contributed by atoms with E-state index in [-0.39, 0.29) is 18.0 Å². The molecule has 5 nitrogen and oxygen atoms in total. The van der Waals surface area contributed by atoms with Crippen LogP contribution in [0.2, 0.25) is 0 Å². The highest BCUT2D eigenvalue weighted by molar-refractivity contribution is 5.70. The number of hydrogen-bond acceptors (Lipinski definition) is 5. The van der Waals surface area contributed by atoms with Crippen LogP contribution in [0.1, 0.15) is 49.5 Å². The summed E-state index contributed by atoms with van der Waals surface area (Å²) in [5, 5.41) is 0. The first-order valence-corrected chi connectivity index (χ1v) is 8.86. The first-order chi connectivity index (χ1) is 13.0. The molecular formula is C22H24O5. The van der Waals surface area contributed by atoms with Gasteiger partial charge in [0.05, 0.1) is 14.2 Å². The number of methoxy groups -OCH3 is 2. The standard InChI is InChI=1S/C22H24O5/c1-6-7-15-10-17-13(2)21(27-22(17)20(11-15)25-5)16-8-9-18(26-14(3)23)19(12-16)24-4/h6-13,21H,1-5H3/b7-6+/t13-,21-/m1/s1. The fraction of sp³-hybridized carbons (Fsp3) is 0.318. The predicted molar refractivity (Wildman–Crippen MR) is 104 cm³/mol. The van der Waals surface area contributed by atoms with E-state index in [1.54, 1.807) is 20.3 Å². The zero-order valence-electron chi connectivity index (χ0n) is 16.2. The molecule has 27 heavy (non-hydrogen) atoms. The van der Waals surface area contributed by atoms with Gasteiger partial charge in [-0.2, -0.15) is 0 Å². The lowest BCUT2D eigenvalue weighted by atomic mass is 9.91. The summed E-state index contributed by atoms with van der Waals surface area (Å²) in [5.41, 5.74) is 3.13. The summed E-state index contributed by atoms with van der Waals surface area (Å²) in [5.74, 6) is 2.12. The molecule has 5 heteroatoms. The van der Waals surface area contributed by atoms with Crippen LogP contribution < -0.4 is 18.9 Å². The topological polar surface area (TPSA) is 54.0 Å². The molecule has 142 valence electrons. The summed E-state index contributed by atoms with van der Waals surface area (Å²) in [6, 6.07) is 9.58. The monoisotopic (exact) mass is 368 g/mol. The van der Waals surface area contributed by atoms with Gasteiger partial charge >= 0.3 is 5.97 Å². The molecule has 2 atom stereocenters. The fourth-order valence-corrected chi connectivity index (χ4v) is 3.40. The molecule has 1 aliphatic heterocycles. The second-order valence-electron chi connectivity index (χ2n) is 6.47. The van der Waals surface area contributed by atoms with Gasteiger partial charge in [-0.3, -0.25) is 4.79 Å². The van der Waals surface area contributed by atoms with Gasteiger partial charge in [0.2, 0.25) is 0 Å². The van der Waals surface area contributed by atoms with Crippen LogP contribution >= 0.6 is 0 Å². The number of ether oxygens (including phenoxy) is 4. The Hall–Kier alpha value is -2.95. The van der Waals surface area contributed by atoms with Gasteiger partial charge in [0.15, 0.2) is 23.0 Å². The van der Waals surface area contributed by atoms with Crippen molar-refractivity contribution in [2.45, 2.75) is 32.8 Å². The summed E-state index contributed by atoms with van der Waals surface area (Å²) in [6.45, 7) is 5.47. The summed E-state index contributed by atoms with van der Waals surface area (Å²) in [4.78, 5) is 11.3. The van der Waals surface area contributed by atoms with E-state index in [9.17, 15) is 4.79 Å². The van der Waals surface area contributed by atoms with E-state index in [1.165, 1.54) is 6.92 Å². The maximum atomic E-state index is 11.3. The van der Waals surface area contributed by atoms with Crippen molar-refractivity contribution in [2.75, 3.05) is 14.2 Å². The molecule has 0 aliphatic carbocycles. The average Bonchev–Trinajstić information content (AvgIpc) is 2.98. The number of benzene rings is 2. The molecule has 0 radical (unpaired) electrons. The largest absolute Gasteiger partial charge is 0.493 e. The Morgan fingerprint density at radius 3 is 2.44 bits per heavy atom. The number of esters is 1. The van der Waals surface area contributed by atoms with Crippen LogP contribution in [0.4, 0.5) is 0 Å². The summed E-state index contributed by atoms with van der Waals surface area (Å²) in [6.07, 6.45) is 3.85. The molecule has 1 heterocycles. The van der Waals surface area contributed by atoms with Gasteiger partial charge in [-0.1, -0.05) is 25.1 Å². The molecule has 2 aromatic carbocycles. The Kier molecular flexibility index (Phi) is 5.40. The third-order valence-electron chi connectivity index (χ3n) is 4.64. The Labute approximate surface area is 159 Å². The van der Waals surface area contributed by atoms with Gasteiger partial charge in [-0.15, -0.1) is 0 Å². The van der Waals surface area contributed by atoms with Crippen molar-refractivity contribution in [1.29, 1.82) is 0 Å². The fourth-order valence-electron chi connectivity index (χ4n) is 3.40. The second kappa shape index (κ2) is 7.74. The number of fused-ring (bicyclic) bond motifs is 1. The van der Waals surface area contributed by atoms with Crippen LogP contribution in [0.3, 0.4) is 0 Å². The van der Waals surface area contributed by atoms with Crippen LogP contribution in [-0.2, 0) is 4.79 Å². The van der Waals surface area contributed by atoms with Gasteiger partial charge in [0.25, 0.3) is 0 Å². The van der Waals surface area contributed by atoms with Crippen molar-refractivity contribution in [3.8, 4) is 23.0 Å². The molecule has 0 unspecified atom stereocenters. The third-order valence-corrected chi connectivity index (χ3v) is 4.64. The van der Waals surface area contributed by atoms with Crippen molar-refractivity contribution < 1.29 is 23.7 Å². The normalized spacial score (nSPS) is 18.1. The van der Waals surface area contributed by atoms with E-state index in [2.05, 4.69) is 13.0 Å². The van der Waals surface area contributed by atoms with Crippen LogP contribution in [0.25, 0.3) is 6.08 Å². The molecular weight excluding hydrogens is 344 g/mol. The molecule has 1 aliphatic rings. The highest BCUT2D eigenvalue weighted by atomic mass is 16.6. The number of carbonyl (C=O) groups excluding carboxylic acids is 1. The quantitative estimate of drug-likeness (QED) is 0.555. The second-order valence-corrected chi connectivity index (χ2v) is 6.47. The van der Waals surface area contributed by atoms with E-state index >= 15 is 0 Å². The smallest absolute Gasteiger partial charge is 0.308 e. The SMILES string of the molecule is C/C=C/c1cc(OC)c2c(c1)[C@@H](C)[C@H](c1ccc(OC(C)=O)c(OC)c1)O2. The Morgan fingerprint density at radius 2 is 1.81 bits per heavy atom. The molecule has 3 rings (SSSR count). The van der Waals surface area contributed by atoms with Gasteiger partial charge < -0.3 is 18.9 Å². The highest BCUT2D eigenvalue weighted by Crippen LogP contribution is 2.51. The number of hydrogen-bond donors (Lipinski definition) is 0. The first kappa shape index (κ1) is 18.8. The molecule has 0 aromatic heterocycles. The number of allylic oxidation sites excluding steroid dienone is 1. The van der Waals surface area contributed by atoms with Gasteiger partial charge in [-0.05, 0) is 42.3 Å². The van der Waals surface area contributed by atoms with E-state index in [1.807, 2.05) is 37.3 Å². The van der Waals surface area contributed by atoms with E-state index < -0.39 is 0 Å². The first-order valence-electron chi connectivity index (χ1n) is 8.86. The minimum absolute atomic E-state index is 0.128. The summed E-state index contributed by atoms with van der Waals surface area (Å²) in [7, 11) is 3.19. The van der Waals surface area contributed by atoms with Crippen LogP contribution in [0.5, 0.6) is 23.0 Å². The van der Waals surface area contributed by atoms with Crippen LogP contribution in [0, 0.1) is 0 Å². The number of rotatable bonds is 5. The van der Waals surface area contributed by atoms with Crippen molar-refractivity contribution in [3.05, 3.63) is 53.1 Å². The molecule has 0 amide bonds. The average molecular weight is 368 g/mol. The molecule has 0 saturated heterocycles. The Balaban J connectivity index is 1.98. The number of carbonyl (C=O) groups is 1. The van der Waals surface area contributed by atoms with E-state index in [0.717, 1.165) is 28.2 Å². The predicted octanol–water partition coefficient (Wildman–Crippen LogP) is 4.90. The molecule has 0 bridgehead atoms. The summed E-state index contributed by atoms with van der Waals surface area (Å²) < 4.78 is 22.4. The Bertz CT molecular complexity index is 885. The zero-order chi connectivity index (χ0) is 19.6. The zero-order valence-corrected chi connectivity index (χ0v) is 16.2. The van der Waals surface area contributed by atoms with Crippen LogP contribution in [-0.4, -0.2) is 20.2 Å². The van der Waals surface area contributed by atoms with E-state index in [0.29, 0.717) is 11.5 Å². The van der Waals surface area contributed by atoms with Crippen molar-refractivity contribution in [1.82, 2.24) is 0 Å². The third kappa shape index (κ3) is 3.63. The highest BCUT2D eigenvalue weighted by Gasteiger charge is 2.35. The molecule has 0 saturated carbocycles. The lowest BCUT2D eigenvalue weighted by Crippen LogP contribution is -2.09. The minimum Gasteiger partial charge on any atom is -0.493 e. The maximum Gasteiger partial charge on any atom is 0.308 e.